The maximum absolute atomic E-state index is 12.8. The monoisotopic (exact) mass is 479 g/mol. The van der Waals surface area contributed by atoms with Crippen LogP contribution >= 0.6 is 0 Å². The molecule has 4 rings (SSSR count). The van der Waals surface area contributed by atoms with Gasteiger partial charge < -0.3 is 15.5 Å². The minimum absolute atomic E-state index is 0.177. The van der Waals surface area contributed by atoms with E-state index in [4.69, 9.17) is 0 Å². The summed E-state index contributed by atoms with van der Waals surface area (Å²) in [6, 6.07) is 4.88. The number of hydrogen-bond donors (Lipinski definition) is 4. The van der Waals surface area contributed by atoms with Gasteiger partial charge >= 0.3 is 11.9 Å². The van der Waals surface area contributed by atoms with Crippen molar-refractivity contribution in [1.82, 2.24) is 14.9 Å². The van der Waals surface area contributed by atoms with Crippen LogP contribution in [0.5, 0.6) is 0 Å². The third-order valence-electron chi connectivity index (χ3n) is 7.55. The van der Waals surface area contributed by atoms with Crippen molar-refractivity contribution >= 4 is 22.0 Å². The van der Waals surface area contributed by atoms with E-state index in [9.17, 15) is 28.2 Å². The van der Waals surface area contributed by atoms with Crippen LogP contribution in [0.4, 0.5) is 0 Å². The summed E-state index contributed by atoms with van der Waals surface area (Å²) in [5.74, 6) is -0.668. The topological polar surface area (TPSA) is 136 Å². The van der Waals surface area contributed by atoms with E-state index < -0.39 is 40.1 Å². The van der Waals surface area contributed by atoms with Gasteiger partial charge in [0.15, 0.2) is 0 Å². The average molecular weight is 480 g/mol. The van der Waals surface area contributed by atoms with Crippen LogP contribution in [0.2, 0.25) is 0 Å². The molecule has 6 unspecified atom stereocenters. The molecule has 0 aromatic heterocycles. The van der Waals surface area contributed by atoms with Crippen LogP contribution in [-0.4, -0.2) is 73.2 Å². The molecule has 0 amide bonds. The van der Waals surface area contributed by atoms with Gasteiger partial charge in [-0.1, -0.05) is 17.7 Å². The first-order chi connectivity index (χ1) is 15.6. The van der Waals surface area contributed by atoms with Crippen LogP contribution in [0.25, 0.3) is 0 Å². The average Bonchev–Trinajstić information content (AvgIpc) is 3.15. The second kappa shape index (κ2) is 9.69. The fourth-order valence-electron chi connectivity index (χ4n) is 5.80. The van der Waals surface area contributed by atoms with Gasteiger partial charge in [0, 0.05) is 19.1 Å². The Morgan fingerprint density at radius 2 is 1.79 bits per heavy atom. The largest absolute Gasteiger partial charge is 0.480 e. The molecular weight excluding hydrogens is 446 g/mol. The fourth-order valence-corrected chi connectivity index (χ4v) is 7.04. The van der Waals surface area contributed by atoms with Crippen LogP contribution in [-0.2, 0) is 19.6 Å². The number of benzene rings is 1. The van der Waals surface area contributed by atoms with Crippen molar-refractivity contribution in [2.45, 2.75) is 62.0 Å². The number of carboxylic acids is 2. The predicted octanol–water partition coefficient (Wildman–Crippen LogP) is 1.28. The Labute approximate surface area is 194 Å². The Bertz CT molecular complexity index is 982. The van der Waals surface area contributed by atoms with Crippen molar-refractivity contribution in [2.75, 3.05) is 19.6 Å². The third kappa shape index (κ3) is 5.56. The molecule has 0 radical (unpaired) electrons. The maximum atomic E-state index is 12.8. The highest BCUT2D eigenvalue weighted by atomic mass is 32.2. The summed E-state index contributed by atoms with van der Waals surface area (Å²) in [5, 5.41) is 22.2. The lowest BCUT2D eigenvalue weighted by atomic mass is 9.69. The summed E-state index contributed by atoms with van der Waals surface area (Å²) in [5.41, 5.74) is 0.963. The van der Waals surface area contributed by atoms with E-state index in [0.29, 0.717) is 31.3 Å². The summed E-state index contributed by atoms with van der Waals surface area (Å²) < 4.78 is 28.3. The number of aliphatic carboxylic acids is 2. The maximum Gasteiger partial charge on any atom is 0.320 e. The molecule has 1 aromatic carbocycles. The van der Waals surface area contributed by atoms with Crippen molar-refractivity contribution in [2.24, 2.45) is 17.8 Å². The van der Waals surface area contributed by atoms with Crippen molar-refractivity contribution < 1.29 is 28.2 Å². The standard InChI is InChI=1S/C23H33N3O6S/c1-14-2-6-19(7-3-14)33(31,32)25-18-10-21(23(29)30)26(13-18)12-15-4-5-16-11-24-20(22(27)28)9-17(16)8-15/h2-3,6-7,15-18,20-21,24-25H,4-5,8-13H2,1H3,(H,27,28)(H,29,30). The third-order valence-corrected chi connectivity index (χ3v) is 9.08. The van der Waals surface area contributed by atoms with Crippen molar-refractivity contribution in [3.05, 3.63) is 29.8 Å². The molecule has 0 spiro atoms. The molecular formula is C23H33N3O6S. The Hall–Kier alpha value is -2.01. The van der Waals surface area contributed by atoms with E-state index in [1.165, 1.54) is 0 Å². The van der Waals surface area contributed by atoms with E-state index in [-0.39, 0.29) is 17.2 Å². The zero-order valence-corrected chi connectivity index (χ0v) is 19.6. The van der Waals surface area contributed by atoms with Crippen LogP contribution < -0.4 is 10.0 Å². The van der Waals surface area contributed by atoms with Gasteiger partial charge in [-0.25, -0.2) is 13.1 Å². The SMILES string of the molecule is Cc1ccc(S(=O)(=O)NC2CC(C(=O)O)N(CC3CCC4CNC(C(=O)O)CC4C3)C2)cc1. The van der Waals surface area contributed by atoms with E-state index in [0.717, 1.165) is 31.4 Å². The second-order valence-corrected chi connectivity index (χ2v) is 11.6. The highest BCUT2D eigenvalue weighted by Gasteiger charge is 2.42. The quantitative estimate of drug-likeness (QED) is 0.459. The summed E-state index contributed by atoms with van der Waals surface area (Å²) in [6.07, 6.45) is 3.70. The summed E-state index contributed by atoms with van der Waals surface area (Å²) in [4.78, 5) is 25.4. The first kappa shape index (κ1) is 24.1. The molecule has 33 heavy (non-hydrogen) atoms. The van der Waals surface area contributed by atoms with Gasteiger partial charge in [-0.3, -0.25) is 14.5 Å². The highest BCUT2D eigenvalue weighted by molar-refractivity contribution is 7.89. The van der Waals surface area contributed by atoms with Crippen LogP contribution in [0, 0.1) is 24.7 Å². The number of rotatable bonds is 7. The molecule has 2 saturated heterocycles. The van der Waals surface area contributed by atoms with Crippen molar-refractivity contribution in [3.63, 3.8) is 0 Å². The lowest BCUT2D eigenvalue weighted by molar-refractivity contribution is -0.143. The van der Waals surface area contributed by atoms with Gasteiger partial charge in [-0.2, -0.15) is 0 Å². The molecule has 4 N–H and O–H groups in total. The number of piperidine rings is 1. The van der Waals surface area contributed by atoms with E-state index in [1.807, 2.05) is 11.8 Å². The zero-order chi connectivity index (χ0) is 23.8. The first-order valence-electron chi connectivity index (χ1n) is 11.6. The summed E-state index contributed by atoms with van der Waals surface area (Å²) >= 11 is 0. The summed E-state index contributed by atoms with van der Waals surface area (Å²) in [6.45, 7) is 3.55. The highest BCUT2D eigenvalue weighted by Crippen LogP contribution is 2.39. The number of nitrogens with zero attached hydrogens (tertiary/aromatic N) is 1. The number of nitrogens with one attached hydrogen (secondary N) is 2. The van der Waals surface area contributed by atoms with E-state index in [2.05, 4.69) is 10.0 Å². The number of sulfonamides is 1. The molecule has 2 heterocycles. The van der Waals surface area contributed by atoms with Gasteiger partial charge in [0.05, 0.1) is 4.90 Å². The van der Waals surface area contributed by atoms with Gasteiger partial charge in [-0.15, -0.1) is 0 Å². The Morgan fingerprint density at radius 1 is 1.06 bits per heavy atom. The first-order valence-corrected chi connectivity index (χ1v) is 13.1. The van der Waals surface area contributed by atoms with E-state index in [1.54, 1.807) is 24.3 Å². The van der Waals surface area contributed by atoms with Gasteiger partial charge in [-0.05, 0) is 75.5 Å². The number of fused-ring (bicyclic) bond motifs is 1. The van der Waals surface area contributed by atoms with Crippen LogP contribution in [0.3, 0.4) is 0 Å². The minimum Gasteiger partial charge on any atom is -0.480 e. The molecule has 1 aromatic rings. The molecule has 0 bridgehead atoms. The Kier molecular flexibility index (Phi) is 7.09. The number of aryl methyl sites for hydroxylation is 1. The normalized spacial score (nSPS) is 32.9. The Morgan fingerprint density at radius 3 is 2.45 bits per heavy atom. The number of carbonyl (C=O) groups is 2. The predicted molar refractivity (Wildman–Crippen MR) is 121 cm³/mol. The minimum atomic E-state index is -3.73. The molecule has 10 heteroatoms. The molecule has 1 saturated carbocycles. The smallest absolute Gasteiger partial charge is 0.320 e. The van der Waals surface area contributed by atoms with E-state index >= 15 is 0 Å². The number of carboxylic acid groups (broad SMARTS) is 2. The van der Waals surface area contributed by atoms with Gasteiger partial charge in [0.1, 0.15) is 12.1 Å². The molecule has 182 valence electrons. The zero-order valence-electron chi connectivity index (χ0n) is 18.8. The molecule has 6 atom stereocenters. The second-order valence-electron chi connectivity index (χ2n) is 9.91. The molecule has 3 fully saturated rings. The molecule has 3 aliphatic rings. The lowest BCUT2D eigenvalue weighted by Gasteiger charge is -2.42. The van der Waals surface area contributed by atoms with Gasteiger partial charge in [0.25, 0.3) is 0 Å². The number of hydrogen-bond acceptors (Lipinski definition) is 6. The number of likely N-dealkylation sites (tertiary alicyclic amines) is 1. The van der Waals surface area contributed by atoms with Crippen LogP contribution in [0.1, 0.15) is 37.7 Å². The van der Waals surface area contributed by atoms with Crippen molar-refractivity contribution in [1.29, 1.82) is 0 Å². The van der Waals surface area contributed by atoms with Gasteiger partial charge in [0.2, 0.25) is 10.0 Å². The summed E-state index contributed by atoms with van der Waals surface area (Å²) in [7, 11) is -3.73. The Balaban J connectivity index is 1.39. The van der Waals surface area contributed by atoms with Crippen LogP contribution in [0.15, 0.2) is 29.2 Å². The fraction of sp³-hybridized carbons (Fsp3) is 0.652. The lowest BCUT2D eigenvalue weighted by Crippen LogP contribution is -2.50. The molecule has 2 aliphatic heterocycles. The molecule has 9 nitrogen and oxygen atoms in total. The molecule has 1 aliphatic carbocycles. The van der Waals surface area contributed by atoms with Crippen molar-refractivity contribution in [3.8, 4) is 0 Å².